The van der Waals surface area contributed by atoms with E-state index in [2.05, 4.69) is 0 Å². The zero-order valence-corrected chi connectivity index (χ0v) is 9.22. The average molecular weight is 290 g/mol. The molecule has 112 valence electrons. The highest BCUT2D eigenvalue weighted by Gasteiger charge is 2.71. The van der Waals surface area contributed by atoms with Crippen molar-refractivity contribution in [2.75, 3.05) is 0 Å². The van der Waals surface area contributed by atoms with E-state index in [0.29, 0.717) is 6.42 Å². The molecule has 0 aromatic heterocycles. The van der Waals surface area contributed by atoms with E-state index in [4.69, 9.17) is 5.11 Å². The number of hydrogen-bond acceptors (Lipinski definition) is 1. The average Bonchev–Trinajstić information content (AvgIpc) is 2.75. The number of alkyl halides is 6. The van der Waals surface area contributed by atoms with Gasteiger partial charge in [-0.2, -0.15) is 26.3 Å². The predicted molar refractivity (Wildman–Crippen MR) is 57.3 cm³/mol. The van der Waals surface area contributed by atoms with Gasteiger partial charge in [0, 0.05) is 0 Å². The quantitative estimate of drug-likeness (QED) is 0.600. The van der Waals surface area contributed by atoms with Crippen molar-refractivity contribution in [3.8, 4) is 0 Å². The first kappa shape index (κ1) is 16.3. The van der Waals surface area contributed by atoms with Gasteiger partial charge in [0.1, 0.15) is 0 Å². The number of rotatable bonds is 2. The summed E-state index contributed by atoms with van der Waals surface area (Å²) in [6, 6.07) is 0. The first-order valence-corrected chi connectivity index (χ1v) is 5.59. The Labute approximate surface area is 107 Å². The summed E-state index contributed by atoms with van der Waals surface area (Å²) in [4.78, 5) is 0. The maximum Gasteiger partial charge on any atom is 0.426 e. The van der Waals surface area contributed by atoms with Crippen LogP contribution in [-0.2, 0) is 0 Å². The normalized spacial score (nSPS) is 30.6. The molecule has 2 aliphatic rings. The van der Waals surface area contributed by atoms with E-state index in [-0.39, 0.29) is 25.7 Å². The molecule has 0 heterocycles. The fourth-order valence-electron chi connectivity index (χ4n) is 2.90. The molecule has 2 bridgehead atoms. The van der Waals surface area contributed by atoms with Gasteiger partial charge in [0.25, 0.3) is 5.60 Å². The molecule has 2 unspecified atom stereocenters. The number of fused-ring (bicyclic) bond motifs is 2. The number of allylic oxidation sites excluding steroid dienone is 2. The summed E-state index contributed by atoms with van der Waals surface area (Å²) in [6.45, 7) is 0. The Morgan fingerprint density at radius 1 is 0.947 bits per heavy atom. The molecular weight excluding hydrogens is 274 g/mol. The van der Waals surface area contributed by atoms with Gasteiger partial charge in [-0.3, -0.25) is 0 Å². The van der Waals surface area contributed by atoms with Crippen molar-refractivity contribution in [3.05, 3.63) is 12.2 Å². The van der Waals surface area contributed by atoms with Gasteiger partial charge in [-0.25, -0.2) is 0 Å². The Morgan fingerprint density at radius 2 is 1.47 bits per heavy atom. The fourth-order valence-corrected chi connectivity index (χ4v) is 2.90. The van der Waals surface area contributed by atoms with Crippen LogP contribution in [0.2, 0.25) is 0 Å². The standard InChI is InChI=1S/C11H12F6O.CH4/c12-10(13,14)9(18,11(15,16)17)5-8-4-6-1-2-7(8)3-6;/h1-2,6-8,18H,3-5H2;1H4/t6?,7?,8-;/m1./s1. The van der Waals surface area contributed by atoms with Crippen molar-refractivity contribution in [3.63, 3.8) is 0 Å². The number of hydrogen-bond donors (Lipinski definition) is 1. The molecule has 0 aromatic carbocycles. The Hall–Kier alpha value is -0.720. The third-order valence-corrected chi connectivity index (χ3v) is 3.91. The SMILES string of the molecule is C.OC(C[C@H]1CC2C=CC1C2)(C(F)(F)F)C(F)(F)F. The summed E-state index contributed by atoms with van der Waals surface area (Å²) in [7, 11) is 0. The molecule has 19 heavy (non-hydrogen) atoms. The lowest BCUT2D eigenvalue weighted by atomic mass is 9.82. The zero-order chi connectivity index (χ0) is 13.8. The summed E-state index contributed by atoms with van der Waals surface area (Å²) in [6.07, 6.45) is -8.33. The minimum atomic E-state index is -5.70. The molecule has 0 saturated heterocycles. The van der Waals surface area contributed by atoms with E-state index in [1.807, 2.05) is 6.08 Å². The molecule has 0 aliphatic heterocycles. The van der Waals surface area contributed by atoms with Gasteiger partial charge in [0.2, 0.25) is 0 Å². The first-order valence-electron chi connectivity index (χ1n) is 5.59. The second-order valence-electron chi connectivity index (χ2n) is 5.10. The van der Waals surface area contributed by atoms with Crippen molar-refractivity contribution in [1.29, 1.82) is 0 Å². The molecule has 0 aromatic rings. The van der Waals surface area contributed by atoms with E-state index in [1.165, 1.54) is 0 Å². The van der Waals surface area contributed by atoms with Crippen molar-refractivity contribution in [2.45, 2.75) is 44.6 Å². The van der Waals surface area contributed by atoms with Gasteiger partial charge < -0.3 is 5.11 Å². The summed E-state index contributed by atoms with van der Waals surface area (Å²) in [5.74, 6) is -0.967. The van der Waals surface area contributed by atoms with Gasteiger partial charge >= 0.3 is 12.4 Å². The zero-order valence-electron chi connectivity index (χ0n) is 9.22. The maximum absolute atomic E-state index is 12.5. The Morgan fingerprint density at radius 3 is 1.79 bits per heavy atom. The van der Waals surface area contributed by atoms with Crippen LogP contribution in [0.4, 0.5) is 26.3 Å². The third kappa shape index (κ3) is 2.61. The molecule has 0 radical (unpaired) electrons. The van der Waals surface area contributed by atoms with Gasteiger partial charge in [0.15, 0.2) is 0 Å². The van der Waals surface area contributed by atoms with Crippen LogP contribution in [0.5, 0.6) is 0 Å². The highest BCUT2D eigenvalue weighted by atomic mass is 19.4. The molecule has 3 atom stereocenters. The summed E-state index contributed by atoms with van der Waals surface area (Å²) < 4.78 is 75.0. The van der Waals surface area contributed by atoms with Gasteiger partial charge in [0.05, 0.1) is 0 Å². The van der Waals surface area contributed by atoms with Gasteiger partial charge in [-0.05, 0) is 37.0 Å². The van der Waals surface area contributed by atoms with Crippen molar-refractivity contribution in [1.82, 2.24) is 0 Å². The summed E-state index contributed by atoms with van der Waals surface area (Å²) in [5.41, 5.74) is -4.59. The minimum Gasteiger partial charge on any atom is -0.374 e. The van der Waals surface area contributed by atoms with Gasteiger partial charge in [-0.15, -0.1) is 0 Å². The highest BCUT2D eigenvalue weighted by molar-refractivity contribution is 5.12. The topological polar surface area (TPSA) is 20.2 Å². The Balaban J connectivity index is 0.00000180. The molecule has 0 amide bonds. The molecular formula is C12H16F6O. The molecule has 2 aliphatic carbocycles. The number of aliphatic hydroxyl groups is 1. The molecule has 1 fully saturated rings. The second kappa shape index (κ2) is 4.68. The molecule has 2 rings (SSSR count). The van der Waals surface area contributed by atoms with E-state index in [1.54, 1.807) is 6.08 Å². The second-order valence-corrected chi connectivity index (χ2v) is 5.10. The van der Waals surface area contributed by atoms with E-state index in [0.717, 1.165) is 0 Å². The summed E-state index contributed by atoms with van der Waals surface area (Å²) >= 11 is 0. The van der Waals surface area contributed by atoms with Crippen LogP contribution in [0.1, 0.15) is 26.7 Å². The number of halogens is 6. The van der Waals surface area contributed by atoms with Crippen molar-refractivity contribution < 1.29 is 31.4 Å². The fraction of sp³-hybridized carbons (Fsp3) is 0.833. The lowest BCUT2D eigenvalue weighted by Crippen LogP contribution is -2.58. The predicted octanol–water partition coefficient (Wildman–Crippen LogP) is 4.08. The molecule has 1 saturated carbocycles. The molecule has 0 spiro atoms. The molecule has 7 heteroatoms. The Bertz CT molecular complexity index is 342. The summed E-state index contributed by atoms with van der Waals surface area (Å²) in [5, 5.41) is 9.10. The van der Waals surface area contributed by atoms with Crippen LogP contribution in [-0.4, -0.2) is 23.1 Å². The largest absolute Gasteiger partial charge is 0.426 e. The first-order chi connectivity index (χ1) is 8.04. The monoisotopic (exact) mass is 290 g/mol. The van der Waals surface area contributed by atoms with Crippen molar-refractivity contribution >= 4 is 0 Å². The van der Waals surface area contributed by atoms with E-state index < -0.39 is 30.3 Å². The van der Waals surface area contributed by atoms with Crippen molar-refractivity contribution in [2.24, 2.45) is 17.8 Å². The van der Waals surface area contributed by atoms with Crippen LogP contribution < -0.4 is 0 Å². The van der Waals surface area contributed by atoms with Crippen LogP contribution >= 0.6 is 0 Å². The van der Waals surface area contributed by atoms with Crippen LogP contribution in [0.25, 0.3) is 0 Å². The van der Waals surface area contributed by atoms with Crippen LogP contribution in [0.15, 0.2) is 12.2 Å². The van der Waals surface area contributed by atoms with Crippen LogP contribution in [0.3, 0.4) is 0 Å². The molecule has 1 N–H and O–H groups in total. The molecule has 1 nitrogen and oxygen atoms in total. The smallest absolute Gasteiger partial charge is 0.374 e. The Kier molecular flexibility index (Phi) is 4.02. The van der Waals surface area contributed by atoms with Crippen LogP contribution in [0, 0.1) is 17.8 Å². The van der Waals surface area contributed by atoms with E-state index in [9.17, 15) is 26.3 Å². The minimum absolute atomic E-state index is 0. The lowest BCUT2D eigenvalue weighted by Gasteiger charge is -2.35. The third-order valence-electron chi connectivity index (χ3n) is 3.91. The lowest BCUT2D eigenvalue weighted by molar-refractivity contribution is -0.373. The van der Waals surface area contributed by atoms with Gasteiger partial charge in [-0.1, -0.05) is 19.6 Å². The van der Waals surface area contributed by atoms with E-state index >= 15 is 0 Å². The maximum atomic E-state index is 12.5. The highest BCUT2D eigenvalue weighted by Crippen LogP contribution is 2.53.